The summed E-state index contributed by atoms with van der Waals surface area (Å²) in [5, 5.41) is 4.78. The fourth-order valence-corrected chi connectivity index (χ4v) is 5.36. The molecule has 25 heavy (non-hydrogen) atoms. The molecule has 0 radical (unpaired) electrons. The van der Waals surface area contributed by atoms with Gasteiger partial charge in [-0.2, -0.15) is 0 Å². The van der Waals surface area contributed by atoms with Gasteiger partial charge in [0.1, 0.15) is 0 Å². The van der Waals surface area contributed by atoms with E-state index in [1.54, 1.807) is 13.2 Å². The Morgan fingerprint density at radius 2 is 2.04 bits per heavy atom. The van der Waals surface area contributed by atoms with E-state index in [0.29, 0.717) is 6.42 Å². The zero-order chi connectivity index (χ0) is 17.9. The van der Waals surface area contributed by atoms with Gasteiger partial charge < -0.3 is 15.1 Å². The smallest absolute Gasteiger partial charge is 0.275 e. The summed E-state index contributed by atoms with van der Waals surface area (Å²) in [4.78, 5) is 12.4. The van der Waals surface area contributed by atoms with Crippen molar-refractivity contribution in [2.45, 2.75) is 24.9 Å². The minimum Gasteiger partial charge on any atom is -0.463 e. The first-order valence-electron chi connectivity index (χ1n) is 8.30. The number of carbonyl (C=O) groups is 1. The molecule has 1 aromatic carbocycles. The molecule has 0 spiro atoms. The van der Waals surface area contributed by atoms with E-state index in [9.17, 15) is 13.2 Å². The number of nitrogens with one attached hydrogen (secondary N) is 1. The lowest BCUT2D eigenvalue weighted by atomic mass is 10.0. The van der Waals surface area contributed by atoms with Crippen molar-refractivity contribution >= 4 is 15.7 Å². The van der Waals surface area contributed by atoms with Crippen molar-refractivity contribution in [1.29, 1.82) is 0 Å². The molecule has 1 aliphatic heterocycles. The van der Waals surface area contributed by atoms with Crippen LogP contribution in [0.2, 0.25) is 0 Å². The molecule has 1 saturated heterocycles. The third kappa shape index (κ3) is 4.49. The van der Waals surface area contributed by atoms with Crippen LogP contribution in [0.4, 0.5) is 0 Å². The normalized spacial score (nSPS) is 23.2. The Hall–Kier alpha value is -2.12. The predicted molar refractivity (Wildman–Crippen MR) is 93.6 cm³/mol. The number of amides is 1. The molecule has 3 N–H and O–H groups in total. The van der Waals surface area contributed by atoms with Gasteiger partial charge in [-0.05, 0) is 25.5 Å². The Kier molecular flexibility index (Phi) is 4.96. The van der Waals surface area contributed by atoms with Crippen LogP contribution in [0.1, 0.15) is 30.7 Å². The van der Waals surface area contributed by atoms with E-state index in [4.69, 9.17) is 4.42 Å². The molecule has 6 nitrogen and oxygen atoms in total. The maximum Gasteiger partial charge on any atom is 0.275 e. The van der Waals surface area contributed by atoms with E-state index < -0.39 is 15.4 Å². The van der Waals surface area contributed by atoms with E-state index in [-0.39, 0.29) is 30.0 Å². The van der Waals surface area contributed by atoms with Crippen LogP contribution in [0.5, 0.6) is 0 Å². The molecule has 2 aromatic rings. The van der Waals surface area contributed by atoms with Crippen LogP contribution >= 0.6 is 0 Å². The number of carbonyl (C=O) groups excluding carboxylic acids is 1. The van der Waals surface area contributed by atoms with E-state index in [1.165, 1.54) is 0 Å². The first-order chi connectivity index (χ1) is 11.9. The number of hydrogen-bond donors (Lipinski definition) is 2. The van der Waals surface area contributed by atoms with E-state index >= 15 is 0 Å². The summed E-state index contributed by atoms with van der Waals surface area (Å²) in [5.74, 6) is 0.735. The summed E-state index contributed by atoms with van der Waals surface area (Å²) in [6.07, 6.45) is 2.07. The van der Waals surface area contributed by atoms with Crippen molar-refractivity contribution in [1.82, 2.24) is 5.32 Å². The van der Waals surface area contributed by atoms with Crippen LogP contribution < -0.4 is 10.6 Å². The maximum atomic E-state index is 12.4. The molecule has 1 fully saturated rings. The highest BCUT2D eigenvalue weighted by Crippen LogP contribution is 2.22. The highest BCUT2D eigenvalue weighted by molar-refractivity contribution is 7.91. The molecule has 1 aliphatic rings. The van der Waals surface area contributed by atoms with Crippen molar-refractivity contribution in [3.05, 3.63) is 60.1 Å². The molecule has 1 amide bonds. The molecule has 2 atom stereocenters. The number of quaternary nitrogens is 1. The highest BCUT2D eigenvalue weighted by Gasteiger charge is 2.39. The average molecular weight is 363 g/mol. The summed E-state index contributed by atoms with van der Waals surface area (Å²) >= 11 is 0. The van der Waals surface area contributed by atoms with Gasteiger partial charge in [0.15, 0.2) is 28.2 Å². The van der Waals surface area contributed by atoms with Gasteiger partial charge in [-0.15, -0.1) is 0 Å². The quantitative estimate of drug-likeness (QED) is 0.787. The fraction of sp³-hybridized carbons (Fsp3) is 0.389. The fourth-order valence-electron chi connectivity index (χ4n) is 3.27. The topological polar surface area (TPSA) is 93.0 Å². The largest absolute Gasteiger partial charge is 0.463 e. The number of hydrogen-bond acceptors (Lipinski definition) is 4. The zero-order valence-corrected chi connectivity index (χ0v) is 15.0. The monoisotopic (exact) mass is 363 g/mol. The van der Waals surface area contributed by atoms with Crippen LogP contribution in [0, 0.1) is 0 Å². The second-order valence-electron chi connectivity index (χ2n) is 6.79. The predicted octanol–water partition coefficient (Wildman–Crippen LogP) is 0.626. The summed E-state index contributed by atoms with van der Waals surface area (Å²) in [7, 11) is -3.05. The second kappa shape index (κ2) is 7.01. The summed E-state index contributed by atoms with van der Waals surface area (Å²) in [6.45, 7) is 1.98. The van der Waals surface area contributed by atoms with Crippen LogP contribution in [0.25, 0.3) is 0 Å². The molecule has 3 rings (SSSR count). The van der Waals surface area contributed by atoms with Gasteiger partial charge in [-0.3, -0.25) is 4.79 Å². The second-order valence-corrected chi connectivity index (χ2v) is 8.98. The lowest BCUT2D eigenvalue weighted by Gasteiger charge is -2.24. The zero-order valence-electron chi connectivity index (χ0n) is 14.1. The molecule has 134 valence electrons. The van der Waals surface area contributed by atoms with Crippen molar-refractivity contribution in [3.63, 3.8) is 0 Å². The molecule has 0 bridgehead atoms. The molecule has 2 heterocycles. The van der Waals surface area contributed by atoms with Crippen LogP contribution in [-0.4, -0.2) is 37.9 Å². The van der Waals surface area contributed by atoms with Gasteiger partial charge >= 0.3 is 0 Å². The standard InChI is InChI=1S/C18H22N2O4S/c1-18(9-11-25(22,23)13-18)20-16(21)12-19-17(15-8-5-10-24-15)14-6-3-2-4-7-14/h2-8,10,17,19H,9,11-13H2,1H3,(H,20,21)/p+1/t17-,18-/m1/s1. The number of furan rings is 1. The molecule has 0 unspecified atom stereocenters. The van der Waals surface area contributed by atoms with Gasteiger partial charge in [0.05, 0.1) is 23.3 Å². The van der Waals surface area contributed by atoms with Gasteiger partial charge in [0.2, 0.25) is 0 Å². The number of nitrogens with two attached hydrogens (primary N) is 1. The van der Waals surface area contributed by atoms with Gasteiger partial charge in [-0.25, -0.2) is 8.42 Å². The van der Waals surface area contributed by atoms with Crippen LogP contribution in [0.3, 0.4) is 0 Å². The number of benzene rings is 1. The minimum atomic E-state index is -3.05. The Morgan fingerprint density at radius 1 is 1.28 bits per heavy atom. The first kappa shape index (κ1) is 17.7. The van der Waals surface area contributed by atoms with Gasteiger partial charge in [-0.1, -0.05) is 30.3 Å². The summed E-state index contributed by atoms with van der Waals surface area (Å²) in [5.41, 5.74) is 0.372. The Morgan fingerprint density at radius 3 is 2.64 bits per heavy atom. The molecule has 0 aliphatic carbocycles. The molecule has 1 aromatic heterocycles. The van der Waals surface area contributed by atoms with Gasteiger partial charge in [0.25, 0.3) is 5.91 Å². The lowest BCUT2D eigenvalue weighted by Crippen LogP contribution is -2.88. The van der Waals surface area contributed by atoms with E-state index in [1.807, 2.05) is 47.8 Å². The van der Waals surface area contributed by atoms with Crippen molar-refractivity contribution in [2.75, 3.05) is 18.1 Å². The molecular weight excluding hydrogens is 340 g/mol. The Bertz CT molecular complexity index is 818. The number of sulfone groups is 1. The summed E-state index contributed by atoms with van der Waals surface area (Å²) in [6, 6.07) is 13.4. The van der Waals surface area contributed by atoms with Crippen molar-refractivity contribution in [2.24, 2.45) is 0 Å². The Labute approximate surface area is 147 Å². The summed E-state index contributed by atoms with van der Waals surface area (Å²) < 4.78 is 28.8. The van der Waals surface area contributed by atoms with Gasteiger partial charge in [0, 0.05) is 5.56 Å². The van der Waals surface area contributed by atoms with Crippen molar-refractivity contribution < 1.29 is 22.9 Å². The SMILES string of the molecule is C[C@@]1(NC(=O)C[NH2+][C@H](c2ccccc2)c2ccco2)CCS(=O)(=O)C1. The number of rotatable bonds is 6. The van der Waals surface area contributed by atoms with E-state index in [0.717, 1.165) is 11.3 Å². The first-order valence-corrected chi connectivity index (χ1v) is 10.1. The maximum absolute atomic E-state index is 12.4. The highest BCUT2D eigenvalue weighted by atomic mass is 32.2. The van der Waals surface area contributed by atoms with Crippen LogP contribution in [-0.2, 0) is 14.6 Å². The average Bonchev–Trinajstić information content (AvgIpc) is 3.17. The Balaban J connectivity index is 1.65. The minimum absolute atomic E-state index is 0.00599. The van der Waals surface area contributed by atoms with E-state index in [2.05, 4.69) is 5.32 Å². The molecule has 0 saturated carbocycles. The van der Waals surface area contributed by atoms with Crippen molar-refractivity contribution in [3.8, 4) is 0 Å². The molecule has 7 heteroatoms. The third-order valence-electron chi connectivity index (χ3n) is 4.49. The third-order valence-corrected chi connectivity index (χ3v) is 6.39. The molecular formula is C18H23N2O4S+. The van der Waals surface area contributed by atoms with Crippen LogP contribution in [0.15, 0.2) is 53.1 Å². The lowest BCUT2D eigenvalue weighted by molar-refractivity contribution is -0.678.